The number of sulfonamides is 1. The largest absolute Gasteiger partial charge is 0.497 e. The molecule has 5 nitrogen and oxygen atoms in total. The number of benzene rings is 1. The van der Waals surface area contributed by atoms with E-state index in [9.17, 15) is 8.42 Å². The smallest absolute Gasteiger partial charge is 0.243 e. The molecule has 0 radical (unpaired) electrons. The summed E-state index contributed by atoms with van der Waals surface area (Å²) in [5.41, 5.74) is 0. The van der Waals surface area contributed by atoms with Gasteiger partial charge in [0.05, 0.1) is 18.1 Å². The Hall–Kier alpha value is -1.88. The summed E-state index contributed by atoms with van der Waals surface area (Å²) in [6, 6.07) is 12.0. The Labute approximate surface area is 134 Å². The quantitative estimate of drug-likeness (QED) is 0.779. The van der Waals surface area contributed by atoms with E-state index in [0.29, 0.717) is 5.75 Å². The van der Waals surface area contributed by atoms with Crippen LogP contribution in [0.4, 0.5) is 0 Å². The fourth-order valence-corrected chi connectivity index (χ4v) is 4.15. The van der Waals surface area contributed by atoms with Crippen LogP contribution >= 0.6 is 11.3 Å². The van der Waals surface area contributed by atoms with Crippen LogP contribution in [0.2, 0.25) is 0 Å². The SMILES string of the molecule is COc1ccc(S(=O)(=O)N(CCC#N)Cc2cccs2)cc1. The summed E-state index contributed by atoms with van der Waals surface area (Å²) in [6.07, 6.45) is 0.154. The molecule has 1 aromatic heterocycles. The van der Waals surface area contributed by atoms with Crippen molar-refractivity contribution in [3.8, 4) is 11.8 Å². The molecule has 1 heterocycles. The molecule has 0 unspecified atom stereocenters. The Morgan fingerprint density at radius 1 is 1.27 bits per heavy atom. The first-order chi connectivity index (χ1) is 10.6. The van der Waals surface area contributed by atoms with Crippen molar-refractivity contribution < 1.29 is 13.2 Å². The molecule has 0 aliphatic rings. The molecule has 0 spiro atoms. The maximum atomic E-state index is 12.7. The van der Waals surface area contributed by atoms with E-state index >= 15 is 0 Å². The van der Waals surface area contributed by atoms with Crippen molar-refractivity contribution in [3.05, 3.63) is 46.7 Å². The molecule has 0 saturated heterocycles. The zero-order valence-corrected chi connectivity index (χ0v) is 13.7. The molecule has 0 atom stereocenters. The van der Waals surface area contributed by atoms with E-state index < -0.39 is 10.0 Å². The monoisotopic (exact) mass is 336 g/mol. The van der Waals surface area contributed by atoms with Gasteiger partial charge in [0.1, 0.15) is 5.75 Å². The minimum absolute atomic E-state index is 0.154. The van der Waals surface area contributed by atoms with Crippen LogP contribution in [0.5, 0.6) is 5.75 Å². The van der Waals surface area contributed by atoms with Crippen molar-refractivity contribution >= 4 is 21.4 Å². The van der Waals surface area contributed by atoms with Crippen LogP contribution in [0.3, 0.4) is 0 Å². The lowest BCUT2D eigenvalue weighted by Gasteiger charge is -2.20. The molecule has 1 aromatic carbocycles. The van der Waals surface area contributed by atoms with Gasteiger partial charge in [-0.2, -0.15) is 9.57 Å². The number of methoxy groups -OCH3 is 1. The van der Waals surface area contributed by atoms with Gasteiger partial charge in [0.2, 0.25) is 10.0 Å². The van der Waals surface area contributed by atoms with E-state index in [1.807, 2.05) is 23.6 Å². The third kappa shape index (κ3) is 3.85. The first kappa shape index (κ1) is 16.5. The van der Waals surface area contributed by atoms with Crippen molar-refractivity contribution in [3.63, 3.8) is 0 Å². The Morgan fingerprint density at radius 3 is 2.55 bits per heavy atom. The van der Waals surface area contributed by atoms with Crippen molar-refractivity contribution in [1.82, 2.24) is 4.31 Å². The Bertz CT molecular complexity index is 732. The van der Waals surface area contributed by atoms with Crippen LogP contribution in [-0.4, -0.2) is 26.4 Å². The first-order valence-corrected chi connectivity index (χ1v) is 8.93. The molecule has 0 amide bonds. The fraction of sp³-hybridized carbons (Fsp3) is 0.267. The van der Waals surface area contributed by atoms with Crippen molar-refractivity contribution in [2.75, 3.05) is 13.7 Å². The summed E-state index contributed by atoms with van der Waals surface area (Å²) < 4.78 is 31.9. The second kappa shape index (κ2) is 7.40. The van der Waals surface area contributed by atoms with Crippen LogP contribution in [0.15, 0.2) is 46.7 Å². The van der Waals surface area contributed by atoms with Gasteiger partial charge in [-0.05, 0) is 35.7 Å². The third-order valence-corrected chi connectivity index (χ3v) is 5.80. The molecule has 7 heteroatoms. The standard InChI is InChI=1S/C15H16N2O3S2/c1-20-13-5-7-15(8-6-13)22(18,19)17(10-3-9-16)12-14-4-2-11-21-14/h2,4-8,11H,3,10,12H2,1H3. The van der Waals surface area contributed by atoms with E-state index in [0.717, 1.165) is 4.88 Å². The highest BCUT2D eigenvalue weighted by Crippen LogP contribution is 2.22. The molecule has 0 N–H and O–H groups in total. The average Bonchev–Trinajstić information content (AvgIpc) is 3.04. The van der Waals surface area contributed by atoms with Crippen molar-refractivity contribution in [1.29, 1.82) is 5.26 Å². The number of rotatable bonds is 7. The van der Waals surface area contributed by atoms with Crippen molar-refractivity contribution in [2.24, 2.45) is 0 Å². The summed E-state index contributed by atoms with van der Waals surface area (Å²) in [6.45, 7) is 0.441. The number of hydrogen-bond acceptors (Lipinski definition) is 5. The molecule has 0 aliphatic heterocycles. The van der Waals surface area contributed by atoms with Crippen LogP contribution in [0.25, 0.3) is 0 Å². The highest BCUT2D eigenvalue weighted by molar-refractivity contribution is 7.89. The van der Waals surface area contributed by atoms with Crippen LogP contribution < -0.4 is 4.74 Å². The normalized spacial score (nSPS) is 11.3. The van der Waals surface area contributed by atoms with Gasteiger partial charge in [0.25, 0.3) is 0 Å². The first-order valence-electron chi connectivity index (χ1n) is 6.61. The van der Waals surface area contributed by atoms with Gasteiger partial charge in [-0.1, -0.05) is 6.07 Å². The molecule has 22 heavy (non-hydrogen) atoms. The molecule has 116 valence electrons. The highest BCUT2D eigenvalue weighted by atomic mass is 32.2. The Kier molecular flexibility index (Phi) is 5.55. The summed E-state index contributed by atoms with van der Waals surface area (Å²) >= 11 is 1.49. The molecule has 2 aromatic rings. The summed E-state index contributed by atoms with van der Waals surface area (Å²) in [4.78, 5) is 1.14. The van der Waals surface area contributed by atoms with E-state index in [-0.39, 0.29) is 24.4 Å². The minimum atomic E-state index is -3.64. The highest BCUT2D eigenvalue weighted by Gasteiger charge is 2.24. The zero-order valence-electron chi connectivity index (χ0n) is 12.1. The summed E-state index contributed by atoms with van der Waals surface area (Å²) in [5.74, 6) is 0.598. The van der Waals surface area contributed by atoms with Crippen LogP contribution in [0.1, 0.15) is 11.3 Å². The van der Waals surface area contributed by atoms with E-state index in [1.54, 1.807) is 12.1 Å². The molecule has 2 rings (SSSR count). The lowest BCUT2D eigenvalue weighted by molar-refractivity contribution is 0.411. The van der Waals surface area contributed by atoms with Gasteiger partial charge < -0.3 is 4.74 Å². The average molecular weight is 336 g/mol. The number of hydrogen-bond donors (Lipinski definition) is 0. The molecule has 0 saturated carbocycles. The predicted molar refractivity (Wildman–Crippen MR) is 85.1 cm³/mol. The zero-order chi connectivity index (χ0) is 16.0. The molecule has 0 fully saturated rings. The maximum Gasteiger partial charge on any atom is 0.243 e. The van der Waals surface area contributed by atoms with Crippen LogP contribution in [-0.2, 0) is 16.6 Å². The second-order valence-corrected chi connectivity index (χ2v) is 7.47. The van der Waals surface area contributed by atoms with Gasteiger partial charge in [-0.15, -0.1) is 11.3 Å². The predicted octanol–water partition coefficient (Wildman–Crippen LogP) is 2.86. The lowest BCUT2D eigenvalue weighted by Crippen LogP contribution is -2.31. The van der Waals surface area contributed by atoms with Crippen molar-refractivity contribution in [2.45, 2.75) is 17.9 Å². The Morgan fingerprint density at radius 2 is 2.00 bits per heavy atom. The van der Waals surface area contributed by atoms with Gasteiger partial charge in [-0.3, -0.25) is 0 Å². The van der Waals surface area contributed by atoms with Gasteiger partial charge >= 0.3 is 0 Å². The van der Waals surface area contributed by atoms with E-state index in [1.165, 1.54) is 34.9 Å². The summed E-state index contributed by atoms with van der Waals surface area (Å²) in [7, 11) is -2.11. The van der Waals surface area contributed by atoms with Gasteiger partial charge in [-0.25, -0.2) is 8.42 Å². The number of thiophene rings is 1. The van der Waals surface area contributed by atoms with Crippen LogP contribution in [0, 0.1) is 11.3 Å². The second-order valence-electron chi connectivity index (χ2n) is 4.50. The fourth-order valence-electron chi connectivity index (χ4n) is 1.93. The maximum absolute atomic E-state index is 12.7. The van der Waals surface area contributed by atoms with E-state index in [2.05, 4.69) is 0 Å². The van der Waals surface area contributed by atoms with Gasteiger partial charge in [0, 0.05) is 24.4 Å². The molecular formula is C15H16N2O3S2. The number of nitriles is 1. The summed E-state index contributed by atoms with van der Waals surface area (Å²) in [5, 5.41) is 10.7. The number of ether oxygens (including phenoxy) is 1. The lowest BCUT2D eigenvalue weighted by atomic mass is 10.3. The molecular weight excluding hydrogens is 320 g/mol. The molecule has 0 bridgehead atoms. The van der Waals surface area contributed by atoms with Gasteiger partial charge in [0.15, 0.2) is 0 Å². The topological polar surface area (TPSA) is 70.4 Å². The minimum Gasteiger partial charge on any atom is -0.497 e. The van der Waals surface area contributed by atoms with E-state index in [4.69, 9.17) is 10.00 Å². The Balaban J connectivity index is 2.28. The molecule has 0 aliphatic carbocycles. The number of nitrogens with zero attached hydrogens (tertiary/aromatic N) is 2. The third-order valence-electron chi connectivity index (χ3n) is 3.08.